The average molecular weight is 423 g/mol. The van der Waals surface area contributed by atoms with Crippen LogP contribution in [0.4, 0.5) is 5.69 Å². The fourth-order valence-corrected chi connectivity index (χ4v) is 4.73. The number of aryl methyl sites for hydroxylation is 2. The van der Waals surface area contributed by atoms with Gasteiger partial charge in [-0.3, -0.25) is 9.78 Å². The number of pyridine rings is 1. The summed E-state index contributed by atoms with van der Waals surface area (Å²) in [6.45, 7) is 8.52. The van der Waals surface area contributed by atoms with Gasteiger partial charge < -0.3 is 4.90 Å². The summed E-state index contributed by atoms with van der Waals surface area (Å²) in [6.07, 6.45) is 3.95. The smallest absolute Gasteiger partial charge is 0.155 e. The Bertz CT molecular complexity index is 1150. The SMILES string of the molecule is Cc1cc2c(cc1C)N(CC(=O)C(C)C)/C(=C/c1ccnc3ccc(Cl)cc13)S2. The number of rotatable bonds is 4. The number of carbonyl (C=O) groups excluding carboxylic acids is 1. The molecular formula is C24H23ClN2OS. The van der Waals surface area contributed by atoms with Crippen molar-refractivity contribution in [3.8, 4) is 0 Å². The van der Waals surface area contributed by atoms with Gasteiger partial charge >= 0.3 is 0 Å². The first kappa shape index (κ1) is 20.0. The van der Waals surface area contributed by atoms with Crippen molar-refractivity contribution < 1.29 is 4.79 Å². The Balaban J connectivity index is 1.83. The number of Topliss-reactive ketones (excluding diaryl/α,β-unsaturated/α-hetero) is 1. The van der Waals surface area contributed by atoms with E-state index in [4.69, 9.17) is 11.6 Å². The van der Waals surface area contributed by atoms with Crippen molar-refractivity contribution in [1.29, 1.82) is 0 Å². The van der Waals surface area contributed by atoms with Crippen LogP contribution in [0.2, 0.25) is 5.02 Å². The molecule has 0 atom stereocenters. The third kappa shape index (κ3) is 3.92. The van der Waals surface area contributed by atoms with Crippen LogP contribution in [-0.2, 0) is 4.79 Å². The predicted octanol–water partition coefficient (Wildman–Crippen LogP) is 6.64. The molecule has 0 aliphatic carbocycles. The zero-order chi connectivity index (χ0) is 20.7. The highest BCUT2D eigenvalue weighted by Crippen LogP contribution is 2.48. The van der Waals surface area contributed by atoms with E-state index in [-0.39, 0.29) is 11.7 Å². The molecule has 0 bridgehead atoms. The molecule has 1 aliphatic rings. The highest BCUT2D eigenvalue weighted by Gasteiger charge is 2.28. The number of aromatic nitrogens is 1. The van der Waals surface area contributed by atoms with Crippen molar-refractivity contribution in [3.63, 3.8) is 0 Å². The quantitative estimate of drug-likeness (QED) is 0.471. The molecule has 0 radical (unpaired) electrons. The molecule has 2 aromatic carbocycles. The van der Waals surface area contributed by atoms with E-state index in [2.05, 4.69) is 41.9 Å². The summed E-state index contributed by atoms with van der Waals surface area (Å²) in [6, 6.07) is 12.1. The van der Waals surface area contributed by atoms with Crippen molar-refractivity contribution in [2.45, 2.75) is 32.6 Å². The highest BCUT2D eigenvalue weighted by molar-refractivity contribution is 8.03. The van der Waals surface area contributed by atoms with E-state index in [1.807, 2.05) is 44.3 Å². The molecule has 0 unspecified atom stereocenters. The molecule has 5 heteroatoms. The molecule has 29 heavy (non-hydrogen) atoms. The Kier molecular flexibility index (Phi) is 5.41. The zero-order valence-electron chi connectivity index (χ0n) is 17.0. The first-order valence-electron chi connectivity index (χ1n) is 9.69. The van der Waals surface area contributed by atoms with Crippen molar-refractivity contribution >= 4 is 51.8 Å². The third-order valence-corrected chi connectivity index (χ3v) is 6.65. The summed E-state index contributed by atoms with van der Waals surface area (Å²) < 4.78 is 0. The van der Waals surface area contributed by atoms with Crippen molar-refractivity contribution in [1.82, 2.24) is 4.98 Å². The molecule has 1 aromatic heterocycles. The van der Waals surface area contributed by atoms with E-state index >= 15 is 0 Å². The van der Waals surface area contributed by atoms with E-state index in [1.165, 1.54) is 16.0 Å². The van der Waals surface area contributed by atoms with Crippen molar-refractivity contribution in [3.05, 3.63) is 69.3 Å². The Hall–Kier alpha value is -2.30. The summed E-state index contributed by atoms with van der Waals surface area (Å²) in [5.74, 6) is 0.225. The van der Waals surface area contributed by atoms with Gasteiger partial charge in [-0.05, 0) is 73.0 Å². The molecule has 1 aliphatic heterocycles. The number of thioether (sulfide) groups is 1. The second-order valence-corrected chi connectivity index (χ2v) is 9.26. The molecule has 0 amide bonds. The van der Waals surface area contributed by atoms with Gasteiger partial charge in [0.2, 0.25) is 0 Å². The van der Waals surface area contributed by atoms with Gasteiger partial charge in [-0.2, -0.15) is 0 Å². The molecular weight excluding hydrogens is 400 g/mol. The van der Waals surface area contributed by atoms with E-state index in [1.54, 1.807) is 11.8 Å². The Labute approximate surface area is 180 Å². The van der Waals surface area contributed by atoms with Gasteiger partial charge in [0.25, 0.3) is 0 Å². The Morgan fingerprint density at radius 2 is 1.93 bits per heavy atom. The van der Waals surface area contributed by atoms with Crippen LogP contribution < -0.4 is 4.90 Å². The molecule has 2 heterocycles. The van der Waals surface area contributed by atoms with Crippen LogP contribution in [0, 0.1) is 19.8 Å². The lowest BCUT2D eigenvalue weighted by Gasteiger charge is -2.21. The third-order valence-electron chi connectivity index (χ3n) is 5.32. The summed E-state index contributed by atoms with van der Waals surface area (Å²) in [5.41, 5.74) is 5.54. The van der Waals surface area contributed by atoms with Crippen LogP contribution in [0.5, 0.6) is 0 Å². The minimum absolute atomic E-state index is 0.00240. The van der Waals surface area contributed by atoms with E-state index in [0.29, 0.717) is 11.6 Å². The first-order chi connectivity index (χ1) is 13.8. The Morgan fingerprint density at radius 1 is 1.17 bits per heavy atom. The molecule has 3 aromatic rings. The summed E-state index contributed by atoms with van der Waals surface area (Å²) in [5, 5.41) is 2.74. The molecule has 0 N–H and O–H groups in total. The number of ketones is 1. The van der Waals surface area contributed by atoms with Crippen LogP contribution in [0.15, 0.2) is 52.5 Å². The van der Waals surface area contributed by atoms with Gasteiger partial charge in [-0.25, -0.2) is 0 Å². The zero-order valence-corrected chi connectivity index (χ0v) is 18.6. The minimum atomic E-state index is -0.00240. The standard InChI is InChI=1S/C24H23ClN2OS/c1-14(2)22(28)13-27-21-9-15(3)16(4)10-23(21)29-24(27)11-17-7-8-26-20-6-5-18(25)12-19(17)20/h5-12,14H,13H2,1-4H3/b24-11-. The predicted molar refractivity (Wildman–Crippen MR) is 124 cm³/mol. The van der Waals surface area contributed by atoms with E-state index in [9.17, 15) is 4.79 Å². The molecule has 0 spiro atoms. The normalized spacial score (nSPS) is 14.8. The number of hydrogen-bond acceptors (Lipinski definition) is 4. The lowest BCUT2D eigenvalue weighted by atomic mass is 10.1. The van der Waals surface area contributed by atoms with Crippen LogP contribution in [0.25, 0.3) is 17.0 Å². The molecule has 0 saturated heterocycles. The van der Waals surface area contributed by atoms with Crippen molar-refractivity contribution in [2.75, 3.05) is 11.4 Å². The molecule has 0 fully saturated rings. The number of carbonyl (C=O) groups is 1. The summed E-state index contributed by atoms with van der Waals surface area (Å²) in [4.78, 5) is 20.4. The molecule has 4 rings (SSSR count). The fraction of sp³-hybridized carbons (Fsp3) is 0.250. The van der Waals surface area contributed by atoms with Gasteiger partial charge in [0, 0.05) is 27.4 Å². The Morgan fingerprint density at radius 3 is 2.69 bits per heavy atom. The second kappa shape index (κ2) is 7.85. The van der Waals surface area contributed by atoms with E-state index < -0.39 is 0 Å². The van der Waals surface area contributed by atoms with E-state index in [0.717, 1.165) is 27.2 Å². The largest absolute Gasteiger partial charge is 0.327 e. The van der Waals surface area contributed by atoms with Gasteiger partial charge in [-0.1, -0.05) is 37.2 Å². The van der Waals surface area contributed by atoms with Gasteiger partial charge in [0.05, 0.1) is 22.8 Å². The number of nitrogens with zero attached hydrogens (tertiary/aromatic N) is 2. The molecule has 148 valence electrons. The maximum absolute atomic E-state index is 12.6. The number of anilines is 1. The highest BCUT2D eigenvalue weighted by atomic mass is 35.5. The van der Waals surface area contributed by atoms with Crippen LogP contribution in [0.3, 0.4) is 0 Å². The topological polar surface area (TPSA) is 33.2 Å². The minimum Gasteiger partial charge on any atom is -0.327 e. The second-order valence-electron chi connectivity index (χ2n) is 7.76. The van der Waals surface area contributed by atoms with Gasteiger partial charge in [0.1, 0.15) is 0 Å². The van der Waals surface area contributed by atoms with Crippen molar-refractivity contribution in [2.24, 2.45) is 5.92 Å². The van der Waals surface area contributed by atoms with Crippen LogP contribution in [-0.4, -0.2) is 17.3 Å². The number of fused-ring (bicyclic) bond motifs is 2. The molecule has 0 saturated carbocycles. The summed E-state index contributed by atoms with van der Waals surface area (Å²) >= 11 is 7.95. The number of halogens is 1. The van der Waals surface area contributed by atoms with Gasteiger partial charge in [0.15, 0.2) is 5.78 Å². The lowest BCUT2D eigenvalue weighted by molar-refractivity contribution is -0.120. The maximum Gasteiger partial charge on any atom is 0.155 e. The first-order valence-corrected chi connectivity index (χ1v) is 10.9. The molecule has 3 nitrogen and oxygen atoms in total. The lowest BCUT2D eigenvalue weighted by Crippen LogP contribution is -2.28. The summed E-state index contributed by atoms with van der Waals surface area (Å²) in [7, 11) is 0. The maximum atomic E-state index is 12.6. The van der Waals surface area contributed by atoms with Gasteiger partial charge in [-0.15, -0.1) is 0 Å². The van der Waals surface area contributed by atoms with Crippen LogP contribution in [0.1, 0.15) is 30.5 Å². The monoisotopic (exact) mass is 422 g/mol. The van der Waals surface area contributed by atoms with Crippen LogP contribution >= 0.6 is 23.4 Å². The number of benzene rings is 2. The number of hydrogen-bond donors (Lipinski definition) is 0. The fourth-order valence-electron chi connectivity index (χ4n) is 3.36. The average Bonchev–Trinajstić information content (AvgIpc) is 2.98.